The van der Waals surface area contributed by atoms with Crippen molar-refractivity contribution in [3.05, 3.63) is 43.0 Å². The number of hydrogen-bond acceptors (Lipinski definition) is 2. The molecule has 3 saturated heterocycles. The molecule has 0 aromatic heterocycles. The Balaban J connectivity index is 1.48. The molecule has 2 amide bonds. The zero-order chi connectivity index (χ0) is 14.7. The number of nitrogens with one attached hydrogen (secondary N) is 2. The number of benzene rings is 1. The second kappa shape index (κ2) is 6.31. The third kappa shape index (κ3) is 3.27. The Morgan fingerprint density at radius 3 is 2.86 bits per heavy atom. The average Bonchev–Trinajstić information content (AvgIpc) is 2.54. The maximum absolute atomic E-state index is 11.9. The Morgan fingerprint density at radius 2 is 2.19 bits per heavy atom. The van der Waals surface area contributed by atoms with Crippen LogP contribution in [0.25, 0.3) is 0 Å². The number of para-hydroxylation sites is 1. The topological polar surface area (TPSA) is 44.4 Å². The van der Waals surface area contributed by atoms with E-state index in [9.17, 15) is 4.79 Å². The lowest BCUT2D eigenvalue weighted by Crippen LogP contribution is -2.56. The Hall–Kier alpha value is -1.81. The van der Waals surface area contributed by atoms with Crippen LogP contribution in [0, 0.1) is 11.8 Å². The van der Waals surface area contributed by atoms with Crippen LogP contribution in [-0.2, 0) is 0 Å². The van der Waals surface area contributed by atoms with Crippen LogP contribution in [0.1, 0.15) is 12.8 Å². The fourth-order valence-electron chi connectivity index (χ4n) is 3.57. The molecule has 3 aliphatic heterocycles. The van der Waals surface area contributed by atoms with Crippen molar-refractivity contribution < 1.29 is 4.79 Å². The molecule has 21 heavy (non-hydrogen) atoms. The molecule has 0 spiro atoms. The van der Waals surface area contributed by atoms with E-state index in [2.05, 4.69) is 28.2 Å². The summed E-state index contributed by atoms with van der Waals surface area (Å²) in [6.45, 7) is 6.92. The van der Waals surface area contributed by atoms with E-state index in [4.69, 9.17) is 0 Å². The first-order valence-corrected chi connectivity index (χ1v) is 7.73. The summed E-state index contributed by atoms with van der Waals surface area (Å²) < 4.78 is 0. The molecule has 3 heterocycles. The quantitative estimate of drug-likeness (QED) is 0.835. The Labute approximate surface area is 126 Å². The second-order valence-electron chi connectivity index (χ2n) is 6.03. The number of amides is 2. The van der Waals surface area contributed by atoms with Gasteiger partial charge < -0.3 is 10.6 Å². The molecule has 2 bridgehead atoms. The number of urea groups is 1. The first kappa shape index (κ1) is 14.1. The molecule has 1 aromatic carbocycles. The molecule has 4 heteroatoms. The van der Waals surface area contributed by atoms with E-state index in [-0.39, 0.29) is 6.03 Å². The normalized spacial score (nSPS) is 30.7. The standard InChI is InChI=1S/C17H23N3O/c1-2-13-12-20-9-8-14(13)10-16(20)11-18-17(21)19-15-6-4-3-5-7-15/h2-7,13-14,16H,1,8-12H2,(H2,18,19,21)/t13-,14+,16-/m1/s1. The Morgan fingerprint density at radius 1 is 1.38 bits per heavy atom. The number of fused-ring (bicyclic) bond motifs is 3. The van der Waals surface area contributed by atoms with Crippen molar-refractivity contribution >= 4 is 11.7 Å². The van der Waals surface area contributed by atoms with Gasteiger partial charge in [-0.05, 0) is 43.4 Å². The van der Waals surface area contributed by atoms with Crippen molar-refractivity contribution in [2.24, 2.45) is 11.8 Å². The molecule has 2 N–H and O–H groups in total. The van der Waals surface area contributed by atoms with Crippen LogP contribution in [0.3, 0.4) is 0 Å². The monoisotopic (exact) mass is 285 g/mol. The molecule has 0 radical (unpaired) electrons. The van der Waals surface area contributed by atoms with E-state index in [0.29, 0.717) is 12.0 Å². The Kier molecular flexibility index (Phi) is 4.25. The smallest absolute Gasteiger partial charge is 0.319 e. The summed E-state index contributed by atoms with van der Waals surface area (Å²) in [5, 5.41) is 5.86. The van der Waals surface area contributed by atoms with E-state index in [1.165, 1.54) is 12.8 Å². The zero-order valence-corrected chi connectivity index (χ0v) is 12.3. The lowest BCUT2D eigenvalue weighted by atomic mass is 9.75. The SMILES string of the molecule is C=C[C@@H]1CN2CC[C@H]1C[C@@H]2CNC(=O)Nc1ccccc1. The van der Waals surface area contributed by atoms with Crippen molar-refractivity contribution in [1.29, 1.82) is 0 Å². The maximum Gasteiger partial charge on any atom is 0.319 e. The van der Waals surface area contributed by atoms with Gasteiger partial charge in [0.2, 0.25) is 0 Å². The summed E-state index contributed by atoms with van der Waals surface area (Å²) in [6, 6.07) is 9.89. The average molecular weight is 285 g/mol. The minimum atomic E-state index is -0.121. The lowest BCUT2D eigenvalue weighted by Gasteiger charge is -2.49. The van der Waals surface area contributed by atoms with Crippen LogP contribution >= 0.6 is 0 Å². The predicted molar refractivity (Wildman–Crippen MR) is 85.2 cm³/mol. The van der Waals surface area contributed by atoms with E-state index in [1.54, 1.807) is 0 Å². The minimum Gasteiger partial charge on any atom is -0.336 e. The molecule has 0 aliphatic carbocycles. The number of piperidine rings is 3. The summed E-state index contributed by atoms with van der Waals surface area (Å²) in [6.07, 6.45) is 4.54. The van der Waals surface area contributed by atoms with Gasteiger partial charge in [-0.1, -0.05) is 24.3 Å². The van der Waals surface area contributed by atoms with E-state index < -0.39 is 0 Å². The van der Waals surface area contributed by atoms with Crippen LogP contribution in [0.2, 0.25) is 0 Å². The van der Waals surface area contributed by atoms with Crippen molar-refractivity contribution in [2.45, 2.75) is 18.9 Å². The third-order valence-corrected chi connectivity index (χ3v) is 4.76. The highest BCUT2D eigenvalue weighted by molar-refractivity contribution is 5.89. The highest BCUT2D eigenvalue weighted by Gasteiger charge is 2.38. The van der Waals surface area contributed by atoms with Gasteiger partial charge in [0.05, 0.1) is 0 Å². The molecule has 4 nitrogen and oxygen atoms in total. The zero-order valence-electron chi connectivity index (χ0n) is 12.3. The maximum atomic E-state index is 11.9. The predicted octanol–water partition coefficient (Wildman–Crippen LogP) is 2.70. The van der Waals surface area contributed by atoms with Crippen molar-refractivity contribution in [1.82, 2.24) is 10.2 Å². The summed E-state index contributed by atoms with van der Waals surface area (Å²) in [5.41, 5.74) is 0.826. The first-order chi connectivity index (χ1) is 10.3. The molecule has 4 atom stereocenters. The van der Waals surface area contributed by atoms with Crippen LogP contribution in [0.4, 0.5) is 10.5 Å². The van der Waals surface area contributed by atoms with Crippen LogP contribution in [0.5, 0.6) is 0 Å². The highest BCUT2D eigenvalue weighted by atomic mass is 16.2. The lowest BCUT2D eigenvalue weighted by molar-refractivity contribution is 0.0209. The highest BCUT2D eigenvalue weighted by Crippen LogP contribution is 2.36. The van der Waals surface area contributed by atoms with Gasteiger partial charge in [0, 0.05) is 24.8 Å². The van der Waals surface area contributed by atoms with E-state index in [1.807, 2.05) is 30.3 Å². The fourth-order valence-corrected chi connectivity index (χ4v) is 3.57. The summed E-state index contributed by atoms with van der Waals surface area (Å²) >= 11 is 0. The van der Waals surface area contributed by atoms with Gasteiger partial charge in [0.15, 0.2) is 0 Å². The number of rotatable bonds is 4. The van der Waals surface area contributed by atoms with Gasteiger partial charge in [-0.3, -0.25) is 4.90 Å². The van der Waals surface area contributed by atoms with Gasteiger partial charge in [0.1, 0.15) is 0 Å². The largest absolute Gasteiger partial charge is 0.336 e. The number of hydrogen-bond donors (Lipinski definition) is 2. The van der Waals surface area contributed by atoms with Crippen LogP contribution in [-0.4, -0.2) is 36.6 Å². The molecule has 1 aromatic rings. The molecule has 3 fully saturated rings. The van der Waals surface area contributed by atoms with E-state index in [0.717, 1.165) is 31.2 Å². The van der Waals surface area contributed by atoms with Crippen molar-refractivity contribution in [3.63, 3.8) is 0 Å². The molecule has 3 aliphatic rings. The Bertz CT molecular complexity index is 502. The third-order valence-electron chi connectivity index (χ3n) is 4.76. The van der Waals surface area contributed by atoms with Crippen molar-refractivity contribution in [3.8, 4) is 0 Å². The van der Waals surface area contributed by atoms with Crippen LogP contribution in [0.15, 0.2) is 43.0 Å². The number of carbonyl (C=O) groups excluding carboxylic acids is 1. The molecular weight excluding hydrogens is 262 g/mol. The molecule has 112 valence electrons. The number of carbonyl (C=O) groups is 1. The van der Waals surface area contributed by atoms with Gasteiger partial charge in [0.25, 0.3) is 0 Å². The second-order valence-corrected chi connectivity index (χ2v) is 6.03. The summed E-state index contributed by atoms with van der Waals surface area (Å²) in [4.78, 5) is 14.4. The fraction of sp³-hybridized carbons (Fsp3) is 0.471. The van der Waals surface area contributed by atoms with Gasteiger partial charge in [-0.25, -0.2) is 4.79 Å². The first-order valence-electron chi connectivity index (χ1n) is 7.73. The van der Waals surface area contributed by atoms with Crippen molar-refractivity contribution in [2.75, 3.05) is 25.0 Å². The molecule has 1 unspecified atom stereocenters. The van der Waals surface area contributed by atoms with Gasteiger partial charge >= 0.3 is 6.03 Å². The summed E-state index contributed by atoms with van der Waals surface area (Å²) in [7, 11) is 0. The number of anilines is 1. The molecule has 4 rings (SSSR count). The number of nitrogens with zero attached hydrogens (tertiary/aromatic N) is 1. The molecular formula is C17H23N3O. The molecule has 0 saturated carbocycles. The summed E-state index contributed by atoms with van der Waals surface area (Å²) in [5.74, 6) is 1.38. The van der Waals surface area contributed by atoms with Gasteiger partial charge in [-0.15, -0.1) is 6.58 Å². The minimum absolute atomic E-state index is 0.121. The van der Waals surface area contributed by atoms with Crippen LogP contribution < -0.4 is 10.6 Å². The van der Waals surface area contributed by atoms with E-state index >= 15 is 0 Å². The van der Waals surface area contributed by atoms with Gasteiger partial charge in [-0.2, -0.15) is 0 Å².